The van der Waals surface area contributed by atoms with Crippen LogP contribution in [0.15, 0.2) is 60.7 Å². The molecule has 2 aromatic carbocycles. The van der Waals surface area contributed by atoms with Crippen molar-refractivity contribution in [1.82, 2.24) is 0 Å². The third-order valence-electron chi connectivity index (χ3n) is 3.20. The summed E-state index contributed by atoms with van der Waals surface area (Å²) in [4.78, 5) is 12.0. The summed E-state index contributed by atoms with van der Waals surface area (Å²) in [5, 5.41) is 10.0. The minimum Gasteiger partial charge on any atom is -0.507 e. The van der Waals surface area contributed by atoms with Gasteiger partial charge in [-0.2, -0.15) is 0 Å². The lowest BCUT2D eigenvalue weighted by atomic mass is 10.0. The molecule has 2 nitrogen and oxygen atoms in total. The summed E-state index contributed by atoms with van der Waals surface area (Å²) in [5.74, 6) is 0.242. The first-order valence-corrected chi connectivity index (χ1v) is 6.68. The van der Waals surface area contributed by atoms with Gasteiger partial charge in [0.15, 0.2) is 5.78 Å². The Balaban J connectivity index is 2.20. The molecule has 2 heteroatoms. The van der Waals surface area contributed by atoms with Crippen LogP contribution in [0.3, 0.4) is 0 Å². The van der Waals surface area contributed by atoms with Crippen molar-refractivity contribution in [3.05, 3.63) is 77.4 Å². The van der Waals surface area contributed by atoms with E-state index in [0.29, 0.717) is 17.0 Å². The van der Waals surface area contributed by atoms with Gasteiger partial charge in [0, 0.05) is 17.2 Å². The van der Waals surface area contributed by atoms with Gasteiger partial charge in [-0.3, -0.25) is 4.79 Å². The normalized spacial score (nSPS) is 11.7. The van der Waals surface area contributed by atoms with Gasteiger partial charge < -0.3 is 5.11 Å². The van der Waals surface area contributed by atoms with E-state index < -0.39 is 0 Å². The second-order valence-corrected chi connectivity index (χ2v) is 5.04. The molecule has 0 aromatic heterocycles. The molecule has 2 rings (SSSR count). The summed E-state index contributed by atoms with van der Waals surface area (Å²) in [6.45, 7) is 4.23. The number of carbonyl (C=O) groups excluding carboxylic acids is 1. The number of rotatable bonds is 4. The quantitative estimate of drug-likeness (QED) is 0.499. The number of ketones is 1. The number of hydrogen-bond acceptors (Lipinski definition) is 2. The molecule has 0 unspecified atom stereocenters. The van der Waals surface area contributed by atoms with Crippen LogP contribution in [0.1, 0.15) is 41.3 Å². The van der Waals surface area contributed by atoms with Crippen molar-refractivity contribution in [3.63, 3.8) is 0 Å². The molecule has 2 aromatic rings. The summed E-state index contributed by atoms with van der Waals surface area (Å²) >= 11 is 0. The van der Waals surface area contributed by atoms with Gasteiger partial charge in [0.2, 0.25) is 0 Å². The molecular weight excluding hydrogens is 248 g/mol. The minimum atomic E-state index is -0.198. The van der Waals surface area contributed by atoms with E-state index in [1.54, 1.807) is 24.3 Å². The molecular formula is C18H18O2. The Morgan fingerprint density at radius 1 is 0.950 bits per heavy atom. The van der Waals surface area contributed by atoms with E-state index in [9.17, 15) is 9.90 Å². The summed E-state index contributed by atoms with van der Waals surface area (Å²) in [5.41, 5.74) is 2.42. The Hall–Kier alpha value is -2.35. The molecule has 102 valence electrons. The maximum atomic E-state index is 12.0. The van der Waals surface area contributed by atoms with Crippen LogP contribution in [-0.2, 0) is 0 Å². The molecule has 0 radical (unpaired) electrons. The molecule has 0 bridgehead atoms. The number of aliphatic hydroxyl groups is 1. The number of hydrogen-bond donors (Lipinski definition) is 1. The van der Waals surface area contributed by atoms with Gasteiger partial charge in [0.1, 0.15) is 5.76 Å². The lowest BCUT2D eigenvalue weighted by Gasteiger charge is -2.06. The summed E-state index contributed by atoms with van der Waals surface area (Å²) in [6, 6.07) is 16.5. The standard InChI is InChI=1S/C18H18O2/c1-13(2)14-8-10-16(11-9-14)18(20)12-17(19)15-6-4-3-5-7-15/h3-13,20H,1-2H3/b18-12-. The van der Waals surface area contributed by atoms with Crippen LogP contribution in [0.4, 0.5) is 0 Å². The lowest BCUT2D eigenvalue weighted by molar-refractivity contribution is 0.104. The first-order valence-electron chi connectivity index (χ1n) is 6.68. The van der Waals surface area contributed by atoms with E-state index in [1.165, 1.54) is 11.6 Å². The van der Waals surface area contributed by atoms with Gasteiger partial charge in [-0.1, -0.05) is 68.4 Å². The van der Waals surface area contributed by atoms with Gasteiger partial charge in [-0.15, -0.1) is 0 Å². The van der Waals surface area contributed by atoms with Crippen molar-refractivity contribution in [2.45, 2.75) is 19.8 Å². The van der Waals surface area contributed by atoms with Crippen molar-refractivity contribution in [2.24, 2.45) is 0 Å². The summed E-state index contributed by atoms with van der Waals surface area (Å²) in [7, 11) is 0. The number of allylic oxidation sites excluding steroid dienone is 1. The molecule has 20 heavy (non-hydrogen) atoms. The highest BCUT2D eigenvalue weighted by Crippen LogP contribution is 2.18. The SMILES string of the molecule is CC(C)c1ccc(/C(O)=C/C(=O)c2ccccc2)cc1. The molecule has 0 saturated carbocycles. The number of carbonyl (C=O) groups is 1. The van der Waals surface area contributed by atoms with Crippen LogP contribution in [0.2, 0.25) is 0 Å². The van der Waals surface area contributed by atoms with Gasteiger partial charge in [-0.05, 0) is 11.5 Å². The average molecular weight is 266 g/mol. The number of benzene rings is 2. The van der Waals surface area contributed by atoms with E-state index in [-0.39, 0.29) is 11.5 Å². The maximum Gasteiger partial charge on any atom is 0.189 e. The Kier molecular flexibility index (Phi) is 4.36. The first-order chi connectivity index (χ1) is 9.58. The van der Waals surface area contributed by atoms with E-state index in [4.69, 9.17) is 0 Å². The van der Waals surface area contributed by atoms with Crippen LogP contribution in [0, 0.1) is 0 Å². The van der Waals surface area contributed by atoms with E-state index >= 15 is 0 Å². The largest absolute Gasteiger partial charge is 0.507 e. The van der Waals surface area contributed by atoms with Crippen molar-refractivity contribution in [2.75, 3.05) is 0 Å². The molecule has 1 N–H and O–H groups in total. The van der Waals surface area contributed by atoms with Crippen LogP contribution >= 0.6 is 0 Å². The van der Waals surface area contributed by atoms with Crippen LogP contribution in [-0.4, -0.2) is 10.9 Å². The summed E-state index contributed by atoms with van der Waals surface area (Å²) in [6.07, 6.45) is 1.26. The molecule has 0 spiro atoms. The zero-order valence-corrected chi connectivity index (χ0v) is 11.7. The predicted molar refractivity (Wildman–Crippen MR) is 81.9 cm³/mol. The average Bonchev–Trinajstić information content (AvgIpc) is 2.48. The fourth-order valence-corrected chi connectivity index (χ4v) is 1.93. The van der Waals surface area contributed by atoms with Gasteiger partial charge in [-0.25, -0.2) is 0 Å². The van der Waals surface area contributed by atoms with E-state index in [1.807, 2.05) is 30.3 Å². The highest BCUT2D eigenvalue weighted by Gasteiger charge is 2.06. The Labute approximate surface area is 119 Å². The second-order valence-electron chi connectivity index (χ2n) is 5.04. The van der Waals surface area contributed by atoms with Gasteiger partial charge in [0.05, 0.1) is 0 Å². The Morgan fingerprint density at radius 2 is 1.55 bits per heavy atom. The first kappa shape index (κ1) is 14.1. The minimum absolute atomic E-state index is 0.00541. The van der Waals surface area contributed by atoms with E-state index in [2.05, 4.69) is 13.8 Å². The third-order valence-corrected chi connectivity index (χ3v) is 3.20. The van der Waals surface area contributed by atoms with Gasteiger partial charge >= 0.3 is 0 Å². The Bertz CT molecular complexity index is 608. The smallest absolute Gasteiger partial charge is 0.189 e. The molecule has 0 amide bonds. The molecule has 0 aliphatic heterocycles. The van der Waals surface area contributed by atoms with E-state index in [0.717, 1.165) is 0 Å². The molecule has 0 atom stereocenters. The highest BCUT2D eigenvalue weighted by molar-refractivity contribution is 6.07. The monoisotopic (exact) mass is 266 g/mol. The molecule has 0 aliphatic rings. The summed E-state index contributed by atoms with van der Waals surface area (Å²) < 4.78 is 0. The Morgan fingerprint density at radius 3 is 2.10 bits per heavy atom. The third kappa shape index (κ3) is 3.35. The zero-order valence-electron chi connectivity index (χ0n) is 11.7. The van der Waals surface area contributed by atoms with Crippen molar-refractivity contribution in [1.29, 1.82) is 0 Å². The second kappa shape index (κ2) is 6.20. The van der Waals surface area contributed by atoms with Crippen LogP contribution in [0.25, 0.3) is 5.76 Å². The fraction of sp³-hybridized carbons (Fsp3) is 0.167. The maximum absolute atomic E-state index is 12.0. The predicted octanol–water partition coefficient (Wildman–Crippen LogP) is 4.59. The van der Waals surface area contributed by atoms with Crippen LogP contribution < -0.4 is 0 Å². The molecule has 0 aliphatic carbocycles. The topological polar surface area (TPSA) is 37.3 Å². The van der Waals surface area contributed by atoms with Crippen molar-refractivity contribution < 1.29 is 9.90 Å². The van der Waals surface area contributed by atoms with Gasteiger partial charge in [0.25, 0.3) is 0 Å². The molecule has 0 fully saturated rings. The van der Waals surface area contributed by atoms with Crippen molar-refractivity contribution in [3.8, 4) is 0 Å². The highest BCUT2D eigenvalue weighted by atomic mass is 16.3. The fourth-order valence-electron chi connectivity index (χ4n) is 1.93. The zero-order chi connectivity index (χ0) is 14.5. The lowest BCUT2D eigenvalue weighted by Crippen LogP contribution is -1.96. The number of aliphatic hydroxyl groups excluding tert-OH is 1. The molecule has 0 heterocycles. The van der Waals surface area contributed by atoms with Crippen LogP contribution in [0.5, 0.6) is 0 Å². The van der Waals surface area contributed by atoms with Crippen molar-refractivity contribution >= 4 is 11.5 Å². The molecule has 0 saturated heterocycles.